The highest BCUT2D eigenvalue weighted by Gasteiger charge is 2.44. The summed E-state index contributed by atoms with van der Waals surface area (Å²) >= 11 is 0. The lowest BCUT2D eigenvalue weighted by Gasteiger charge is -2.31. The first-order valence-electron chi connectivity index (χ1n) is 14.7. The number of nitrogens with zero attached hydrogens (tertiary/aromatic N) is 1. The van der Waals surface area contributed by atoms with E-state index in [9.17, 15) is 28.4 Å². The first-order valence-corrected chi connectivity index (χ1v) is 14.7. The van der Waals surface area contributed by atoms with Crippen molar-refractivity contribution in [3.8, 4) is 17.6 Å². The van der Waals surface area contributed by atoms with Gasteiger partial charge in [-0.05, 0) is 80.8 Å². The second kappa shape index (κ2) is 11.3. The summed E-state index contributed by atoms with van der Waals surface area (Å²) in [5, 5.41) is 5.38. The monoisotopic (exact) mass is 585 g/mol. The van der Waals surface area contributed by atoms with Gasteiger partial charge in [-0.2, -0.15) is 0 Å². The summed E-state index contributed by atoms with van der Waals surface area (Å²) in [7, 11) is 1.35. The van der Waals surface area contributed by atoms with Gasteiger partial charge < -0.3 is 10.1 Å². The molecule has 4 aliphatic rings. The smallest absolute Gasteiger partial charge is 0.244 e. The fourth-order valence-corrected chi connectivity index (χ4v) is 6.25. The van der Waals surface area contributed by atoms with Gasteiger partial charge in [-0.15, -0.1) is 0 Å². The molecule has 0 bridgehead atoms. The highest BCUT2D eigenvalue weighted by atomic mass is 19.1. The van der Waals surface area contributed by atoms with E-state index in [0.717, 1.165) is 12.8 Å². The van der Waals surface area contributed by atoms with Gasteiger partial charge in [0.05, 0.1) is 12.7 Å². The fraction of sp³-hybridized carbons (Fsp3) is 0.424. The predicted molar refractivity (Wildman–Crippen MR) is 154 cm³/mol. The van der Waals surface area contributed by atoms with Crippen molar-refractivity contribution in [1.82, 2.24) is 10.6 Å². The number of nitrogens with one attached hydrogen (secondary N) is 2. The SMILES string of the molecule is COc1ccc2c(c1F)C(=O)C(CC[C@@]1(C#Cc3ccc(N4C(=O)CCC4C(=O)NC4CC4)cc3)CCC(=O)NC1=O)C2. The third-order valence-corrected chi connectivity index (χ3v) is 8.91. The van der Waals surface area contributed by atoms with Crippen molar-refractivity contribution >= 4 is 35.1 Å². The van der Waals surface area contributed by atoms with Crippen LogP contribution in [0.1, 0.15) is 72.9 Å². The van der Waals surface area contributed by atoms with Crippen molar-refractivity contribution in [3.05, 3.63) is 58.9 Å². The van der Waals surface area contributed by atoms with E-state index in [0.29, 0.717) is 42.5 Å². The van der Waals surface area contributed by atoms with E-state index in [1.54, 1.807) is 30.3 Å². The topological polar surface area (TPSA) is 122 Å². The number of carbonyl (C=O) groups excluding carboxylic acids is 5. The molecule has 0 spiro atoms. The lowest BCUT2D eigenvalue weighted by Crippen LogP contribution is -2.48. The van der Waals surface area contributed by atoms with Crippen LogP contribution in [0.3, 0.4) is 0 Å². The van der Waals surface area contributed by atoms with Crippen LogP contribution in [0.5, 0.6) is 5.75 Å². The summed E-state index contributed by atoms with van der Waals surface area (Å²) in [6, 6.07) is 9.79. The Hall–Kier alpha value is -4.52. The molecule has 2 aromatic rings. The summed E-state index contributed by atoms with van der Waals surface area (Å²) in [5.41, 5.74) is 0.645. The van der Waals surface area contributed by atoms with E-state index in [1.165, 1.54) is 18.1 Å². The first-order chi connectivity index (χ1) is 20.7. The van der Waals surface area contributed by atoms with E-state index >= 15 is 0 Å². The average Bonchev–Trinajstić information content (AvgIpc) is 3.63. The van der Waals surface area contributed by atoms with Crippen molar-refractivity contribution in [2.75, 3.05) is 12.0 Å². The number of halogens is 1. The Kier molecular flexibility index (Phi) is 7.50. The molecule has 2 saturated heterocycles. The highest BCUT2D eigenvalue weighted by molar-refractivity contribution is 6.05. The fourth-order valence-electron chi connectivity index (χ4n) is 6.25. The number of amides is 4. The predicted octanol–water partition coefficient (Wildman–Crippen LogP) is 3.22. The van der Waals surface area contributed by atoms with Crippen LogP contribution in [0.25, 0.3) is 0 Å². The Balaban J connectivity index is 1.19. The maximum Gasteiger partial charge on any atom is 0.244 e. The highest BCUT2D eigenvalue weighted by Crippen LogP contribution is 2.39. The van der Waals surface area contributed by atoms with Crippen LogP contribution in [0.2, 0.25) is 0 Å². The minimum absolute atomic E-state index is 0.0115. The summed E-state index contributed by atoms with van der Waals surface area (Å²) in [4.78, 5) is 65.1. The third-order valence-electron chi connectivity index (χ3n) is 8.91. The molecule has 2 unspecified atom stereocenters. The van der Waals surface area contributed by atoms with Crippen molar-refractivity contribution in [2.45, 2.75) is 69.9 Å². The number of Topliss-reactive ketones (excluding diaryl/α,β-unsaturated/α-hetero) is 1. The zero-order valence-corrected chi connectivity index (χ0v) is 23.8. The van der Waals surface area contributed by atoms with Gasteiger partial charge in [0.2, 0.25) is 23.6 Å². The van der Waals surface area contributed by atoms with Gasteiger partial charge in [-0.3, -0.25) is 34.2 Å². The Labute approximate surface area is 248 Å². The van der Waals surface area contributed by atoms with Gasteiger partial charge >= 0.3 is 0 Å². The summed E-state index contributed by atoms with van der Waals surface area (Å²) in [6.45, 7) is 0. The standard InChI is InChI=1S/C33H32FN3O6/c1-43-25-10-4-20-18-21(30(40)28(20)29(25)34)13-16-33(17-14-26(38)36-32(33)42)15-12-19-2-7-23(8-3-19)37-24(9-11-27(37)39)31(41)35-22-5-6-22/h2-4,7-8,10,21-22,24H,5-6,9,11,13-14,16-18H2,1H3,(H,35,41)(H,36,38,42)/t21?,24?,33-/m0/s1. The van der Waals surface area contributed by atoms with Gasteiger partial charge in [0.25, 0.3) is 0 Å². The van der Waals surface area contributed by atoms with Crippen LogP contribution in [0, 0.1) is 29.0 Å². The Morgan fingerprint density at radius 3 is 2.56 bits per heavy atom. The molecule has 0 aromatic heterocycles. The molecule has 2 aliphatic heterocycles. The number of anilines is 1. The number of imide groups is 1. The molecular formula is C33H32FN3O6. The number of ketones is 1. The van der Waals surface area contributed by atoms with Crippen LogP contribution in [0.15, 0.2) is 36.4 Å². The molecule has 6 rings (SSSR count). The zero-order chi connectivity index (χ0) is 30.3. The van der Waals surface area contributed by atoms with Crippen LogP contribution >= 0.6 is 0 Å². The van der Waals surface area contributed by atoms with Crippen LogP contribution in [-0.4, -0.2) is 48.6 Å². The van der Waals surface area contributed by atoms with Gasteiger partial charge in [-0.25, -0.2) is 4.39 Å². The lowest BCUT2D eigenvalue weighted by molar-refractivity contribution is -0.139. The molecule has 3 fully saturated rings. The molecule has 4 amide bonds. The zero-order valence-electron chi connectivity index (χ0n) is 23.8. The van der Waals surface area contributed by atoms with Crippen LogP contribution in [-0.2, 0) is 25.6 Å². The number of hydrogen-bond acceptors (Lipinski definition) is 6. The molecule has 2 heterocycles. The largest absolute Gasteiger partial charge is 0.494 e. The number of benzene rings is 2. The van der Waals surface area contributed by atoms with E-state index in [2.05, 4.69) is 22.5 Å². The summed E-state index contributed by atoms with van der Waals surface area (Å²) in [5.74, 6) is 3.54. The molecule has 43 heavy (non-hydrogen) atoms. The lowest BCUT2D eigenvalue weighted by atomic mass is 9.74. The Bertz CT molecular complexity index is 1590. The second-order valence-corrected chi connectivity index (χ2v) is 11.8. The molecule has 2 aliphatic carbocycles. The maximum absolute atomic E-state index is 14.8. The third kappa shape index (κ3) is 5.52. The van der Waals surface area contributed by atoms with E-state index in [-0.39, 0.29) is 60.1 Å². The number of rotatable bonds is 7. The Morgan fingerprint density at radius 1 is 1.09 bits per heavy atom. The summed E-state index contributed by atoms with van der Waals surface area (Å²) in [6.07, 6.45) is 3.89. The van der Waals surface area contributed by atoms with Gasteiger partial charge in [0, 0.05) is 36.1 Å². The molecule has 2 N–H and O–H groups in total. The molecular weight excluding hydrogens is 553 g/mol. The molecule has 1 saturated carbocycles. The molecule has 222 valence electrons. The second-order valence-electron chi connectivity index (χ2n) is 11.8. The summed E-state index contributed by atoms with van der Waals surface area (Å²) < 4.78 is 19.9. The number of methoxy groups -OCH3 is 1. The van der Waals surface area contributed by atoms with Gasteiger partial charge in [-0.1, -0.05) is 17.9 Å². The molecule has 2 aromatic carbocycles. The van der Waals surface area contributed by atoms with Crippen LogP contribution in [0.4, 0.5) is 10.1 Å². The molecule has 0 radical (unpaired) electrons. The molecule has 3 atom stereocenters. The maximum atomic E-state index is 14.8. The number of fused-ring (bicyclic) bond motifs is 1. The van der Waals surface area contributed by atoms with Gasteiger partial charge in [0.1, 0.15) is 11.5 Å². The number of carbonyl (C=O) groups is 5. The van der Waals surface area contributed by atoms with Crippen molar-refractivity contribution in [2.24, 2.45) is 11.3 Å². The normalized spacial score (nSPS) is 24.7. The van der Waals surface area contributed by atoms with E-state index in [1.807, 2.05) is 0 Å². The van der Waals surface area contributed by atoms with Crippen molar-refractivity contribution < 1.29 is 33.1 Å². The first kappa shape index (κ1) is 28.6. The van der Waals surface area contributed by atoms with Crippen LogP contribution < -0.4 is 20.3 Å². The minimum Gasteiger partial charge on any atom is -0.494 e. The van der Waals surface area contributed by atoms with Crippen molar-refractivity contribution in [3.63, 3.8) is 0 Å². The van der Waals surface area contributed by atoms with Crippen molar-refractivity contribution in [1.29, 1.82) is 0 Å². The number of hydrogen-bond donors (Lipinski definition) is 2. The van der Waals surface area contributed by atoms with E-state index in [4.69, 9.17) is 4.74 Å². The quantitative estimate of drug-likeness (QED) is 0.380. The van der Waals surface area contributed by atoms with E-state index < -0.39 is 29.1 Å². The Morgan fingerprint density at radius 2 is 1.86 bits per heavy atom. The number of piperidine rings is 1. The van der Waals surface area contributed by atoms with Gasteiger partial charge in [0.15, 0.2) is 17.3 Å². The average molecular weight is 586 g/mol. The minimum atomic E-state index is -1.20. The molecule has 9 nitrogen and oxygen atoms in total. The molecule has 10 heteroatoms. The number of ether oxygens (including phenoxy) is 1.